The average molecular weight is 1050 g/mol. The lowest BCUT2D eigenvalue weighted by molar-refractivity contribution is -0.144. The van der Waals surface area contributed by atoms with Crippen LogP contribution in [0.4, 0.5) is 0 Å². The van der Waals surface area contributed by atoms with Gasteiger partial charge in [-0.2, -0.15) is 0 Å². The van der Waals surface area contributed by atoms with Gasteiger partial charge in [0.25, 0.3) is 0 Å². The Kier molecular flexibility index (Phi) is 26.1. The summed E-state index contributed by atoms with van der Waals surface area (Å²) in [5.74, 6) is -14.0. The van der Waals surface area contributed by atoms with Crippen LogP contribution in [0.1, 0.15) is 105 Å². The monoisotopic (exact) mass is 1040 g/mol. The number of nitrogens with zero attached hydrogens (tertiary/aromatic N) is 1. The lowest BCUT2D eigenvalue weighted by Gasteiger charge is -2.32. The maximum atomic E-state index is 14.4. The zero-order chi connectivity index (χ0) is 56.0. The van der Waals surface area contributed by atoms with Gasteiger partial charge in [0.1, 0.15) is 48.3 Å². The molecule has 0 aliphatic carbocycles. The summed E-state index contributed by atoms with van der Waals surface area (Å²) >= 11 is 0. The first kappa shape index (κ1) is 62.9. The second-order valence-electron chi connectivity index (χ2n) is 19.1. The number of primary amides is 2. The summed E-state index contributed by atoms with van der Waals surface area (Å²) in [7, 11) is 0. The standard InChI is InChI=1S/C48H76N12O14/c1-7-26(6)39(48(73)74)59-43(68)29(20-27-14-9-8-10-15-27)57-46(71)38(25(4)5)58-44(69)33-17-13-19-60(33)47(72)28(16-11-12-18-49)53-40(65)30(21-34(50)61)54-42(67)32(23-36(63)64)55-41(66)31(22-35(51)62)56-45(70)37(52)24(2)3/h8-10,14-15,24-26,28-33,37-39H,7,11-13,16-23,49,52H2,1-6H3,(H2,50,61)(H2,51,62)(H,53,65)(H,54,67)(H,55,66)(H,56,70)(H,57,71)(H,58,69)(H,59,68)(H,63,64)(H,73,74)/t26-,28-,29-,30-,31-,32-,33-,37-,38-,39-/m0/s1. The molecule has 74 heavy (non-hydrogen) atoms. The first-order chi connectivity index (χ1) is 34.7. The number of amides is 10. The molecule has 2 rings (SSSR count). The SMILES string of the molecule is CC[C@H](C)[C@H](NC(=O)[C@H](Cc1ccccc1)NC(=O)[C@@H](NC(=O)[C@@H]1CCCN1C(=O)[C@H](CCCCN)NC(=O)[C@H](CC(N)=O)NC(=O)[C@H](CC(=O)O)NC(=O)[C@H](CC(N)=O)NC(=O)[C@@H](N)C(C)C)C(C)C)C(=O)O. The molecule has 1 aromatic rings. The highest BCUT2D eigenvalue weighted by molar-refractivity contribution is 6.00. The largest absolute Gasteiger partial charge is 0.481 e. The molecule has 1 fully saturated rings. The van der Waals surface area contributed by atoms with Crippen LogP contribution in [-0.4, -0.2) is 154 Å². The lowest BCUT2D eigenvalue weighted by atomic mass is 9.97. The average Bonchev–Trinajstić information content (AvgIpc) is 3.83. The van der Waals surface area contributed by atoms with Crippen LogP contribution in [0.3, 0.4) is 0 Å². The van der Waals surface area contributed by atoms with Crippen LogP contribution >= 0.6 is 0 Å². The predicted molar refractivity (Wildman–Crippen MR) is 266 cm³/mol. The lowest BCUT2D eigenvalue weighted by Crippen LogP contribution is -2.61. The number of benzene rings is 1. The van der Waals surface area contributed by atoms with Gasteiger partial charge in [-0.1, -0.05) is 78.3 Å². The Hall–Kier alpha value is -7.22. The van der Waals surface area contributed by atoms with Crippen LogP contribution in [0.5, 0.6) is 0 Å². The van der Waals surface area contributed by atoms with Gasteiger partial charge in [-0.25, -0.2) is 4.79 Å². The van der Waals surface area contributed by atoms with E-state index in [0.717, 1.165) is 0 Å². The van der Waals surface area contributed by atoms with Crippen LogP contribution in [0.2, 0.25) is 0 Å². The van der Waals surface area contributed by atoms with Gasteiger partial charge in [-0.15, -0.1) is 0 Å². The number of carbonyl (C=O) groups excluding carboxylic acids is 10. The molecule has 412 valence electrons. The van der Waals surface area contributed by atoms with E-state index in [2.05, 4.69) is 37.2 Å². The molecule has 17 N–H and O–H groups in total. The molecule has 26 heteroatoms. The van der Waals surface area contributed by atoms with Gasteiger partial charge in [0.2, 0.25) is 59.1 Å². The third kappa shape index (κ3) is 20.4. The van der Waals surface area contributed by atoms with Crippen molar-refractivity contribution in [2.24, 2.45) is 40.7 Å². The quantitative estimate of drug-likeness (QED) is 0.0315. The van der Waals surface area contributed by atoms with Gasteiger partial charge in [-0.05, 0) is 62.0 Å². The summed E-state index contributed by atoms with van der Waals surface area (Å²) in [4.78, 5) is 159. The summed E-state index contributed by atoms with van der Waals surface area (Å²) in [6.07, 6.45) is -1.32. The van der Waals surface area contributed by atoms with Gasteiger partial charge in [0.15, 0.2) is 0 Å². The summed E-state index contributed by atoms with van der Waals surface area (Å²) in [5.41, 5.74) is 22.9. The van der Waals surface area contributed by atoms with Crippen molar-refractivity contribution < 1.29 is 67.7 Å². The molecule has 0 aromatic heterocycles. The number of nitrogens with two attached hydrogens (primary N) is 4. The highest BCUT2D eigenvalue weighted by Gasteiger charge is 2.41. The first-order valence-electron chi connectivity index (χ1n) is 24.7. The Bertz CT molecular complexity index is 2160. The van der Waals surface area contributed by atoms with Crippen LogP contribution < -0.4 is 60.2 Å². The maximum Gasteiger partial charge on any atom is 0.326 e. The Labute approximate surface area is 429 Å². The van der Waals surface area contributed by atoms with Crippen molar-refractivity contribution in [2.75, 3.05) is 13.1 Å². The molecule has 1 heterocycles. The van der Waals surface area contributed by atoms with E-state index in [4.69, 9.17) is 22.9 Å². The topological polar surface area (TPSA) is 437 Å². The third-order valence-electron chi connectivity index (χ3n) is 12.4. The number of carboxylic acids is 2. The Balaban J connectivity index is 2.40. The van der Waals surface area contributed by atoms with Crippen LogP contribution in [0, 0.1) is 17.8 Å². The molecule has 0 radical (unpaired) electrons. The fraction of sp³-hybridized carbons (Fsp3) is 0.625. The number of hydrogen-bond acceptors (Lipinski definition) is 14. The van der Waals surface area contributed by atoms with Gasteiger partial charge in [-0.3, -0.25) is 52.7 Å². The van der Waals surface area contributed by atoms with Gasteiger partial charge < -0.3 is 75.3 Å². The second kappa shape index (κ2) is 30.7. The number of carbonyl (C=O) groups is 12. The molecule has 1 saturated heterocycles. The minimum absolute atomic E-state index is 0.0238. The molecule has 1 aromatic carbocycles. The molecule has 26 nitrogen and oxygen atoms in total. The van der Waals surface area contributed by atoms with Crippen LogP contribution in [-0.2, 0) is 64.0 Å². The van der Waals surface area contributed by atoms with Crippen molar-refractivity contribution >= 4 is 71.0 Å². The zero-order valence-corrected chi connectivity index (χ0v) is 42.9. The van der Waals surface area contributed by atoms with Crippen LogP contribution in [0.15, 0.2) is 30.3 Å². The Morgan fingerprint density at radius 3 is 1.59 bits per heavy atom. The summed E-state index contributed by atoms with van der Waals surface area (Å²) in [6, 6.07) is -4.40. The summed E-state index contributed by atoms with van der Waals surface area (Å²) in [5, 5.41) is 36.5. The highest BCUT2D eigenvalue weighted by atomic mass is 16.4. The molecule has 0 bridgehead atoms. The first-order valence-corrected chi connectivity index (χ1v) is 24.7. The second-order valence-corrected chi connectivity index (χ2v) is 19.1. The molecule has 1 aliphatic heterocycles. The third-order valence-corrected chi connectivity index (χ3v) is 12.4. The van der Waals surface area contributed by atoms with Crippen molar-refractivity contribution in [1.82, 2.24) is 42.1 Å². The van der Waals surface area contributed by atoms with Gasteiger partial charge >= 0.3 is 11.9 Å². The van der Waals surface area contributed by atoms with Crippen molar-refractivity contribution in [3.8, 4) is 0 Å². The van der Waals surface area contributed by atoms with E-state index in [1.807, 2.05) is 0 Å². The molecule has 10 atom stereocenters. The summed E-state index contributed by atoms with van der Waals surface area (Å²) in [6.45, 7) is 10.2. The van der Waals surface area contributed by atoms with Crippen molar-refractivity contribution in [3.05, 3.63) is 35.9 Å². The van der Waals surface area contributed by atoms with Crippen LogP contribution in [0.25, 0.3) is 0 Å². The van der Waals surface area contributed by atoms with E-state index in [1.54, 1.807) is 71.9 Å². The number of nitrogens with one attached hydrogen (secondary N) is 7. The van der Waals surface area contributed by atoms with Crippen molar-refractivity contribution in [3.63, 3.8) is 0 Å². The molecule has 10 amide bonds. The number of rotatable bonds is 32. The molecular formula is C48H76N12O14. The predicted octanol–water partition coefficient (Wildman–Crippen LogP) is -3.26. The Morgan fingerprint density at radius 1 is 0.622 bits per heavy atom. The van der Waals surface area contributed by atoms with E-state index in [9.17, 15) is 67.7 Å². The minimum atomic E-state index is -1.98. The number of hydrogen-bond donors (Lipinski definition) is 13. The fourth-order valence-corrected chi connectivity index (χ4v) is 7.89. The van der Waals surface area contributed by atoms with E-state index in [1.165, 1.54) is 4.90 Å². The van der Waals surface area contributed by atoms with Gasteiger partial charge in [0.05, 0.1) is 25.3 Å². The van der Waals surface area contributed by atoms with E-state index in [0.29, 0.717) is 24.8 Å². The number of aliphatic carboxylic acids is 2. The summed E-state index contributed by atoms with van der Waals surface area (Å²) < 4.78 is 0. The number of carboxylic acid groups (broad SMARTS) is 2. The fourth-order valence-electron chi connectivity index (χ4n) is 7.89. The Morgan fingerprint density at radius 2 is 1.12 bits per heavy atom. The smallest absolute Gasteiger partial charge is 0.326 e. The molecular weight excluding hydrogens is 969 g/mol. The molecule has 0 spiro atoms. The van der Waals surface area contributed by atoms with E-state index < -0.39 is 162 Å². The highest BCUT2D eigenvalue weighted by Crippen LogP contribution is 2.21. The maximum absolute atomic E-state index is 14.4. The van der Waals surface area contributed by atoms with Crippen molar-refractivity contribution in [2.45, 2.75) is 160 Å². The van der Waals surface area contributed by atoms with E-state index in [-0.39, 0.29) is 38.8 Å². The molecule has 0 unspecified atom stereocenters. The molecule has 1 aliphatic rings. The van der Waals surface area contributed by atoms with E-state index >= 15 is 0 Å². The number of unbranched alkanes of at least 4 members (excludes halogenated alkanes) is 1. The van der Waals surface area contributed by atoms with Gasteiger partial charge in [0, 0.05) is 13.0 Å². The van der Waals surface area contributed by atoms with Crippen molar-refractivity contribution in [1.29, 1.82) is 0 Å². The molecule has 0 saturated carbocycles. The zero-order valence-electron chi connectivity index (χ0n) is 42.9. The minimum Gasteiger partial charge on any atom is -0.481 e. The normalized spacial score (nSPS) is 16.9. The number of likely N-dealkylation sites (tertiary alicyclic amines) is 1.